The Morgan fingerprint density at radius 1 is 1.45 bits per heavy atom. The van der Waals surface area contributed by atoms with Gasteiger partial charge >= 0.3 is 0 Å². The summed E-state index contributed by atoms with van der Waals surface area (Å²) in [5.74, 6) is 1.84. The Morgan fingerprint density at radius 3 is 3.05 bits per heavy atom. The van der Waals surface area contributed by atoms with E-state index in [-0.39, 0.29) is 5.41 Å². The van der Waals surface area contributed by atoms with Crippen LogP contribution in [0.25, 0.3) is 0 Å². The molecule has 1 N–H and O–H groups in total. The molecule has 1 aliphatic carbocycles. The SMILES string of the molecule is COCCNCC1(Cc2ccco2)CCOC1C1CC1. The molecule has 0 bridgehead atoms. The molecule has 1 aliphatic heterocycles. The molecular formula is C16H25NO3. The first-order valence-corrected chi connectivity index (χ1v) is 7.68. The molecule has 0 aromatic carbocycles. The zero-order valence-corrected chi connectivity index (χ0v) is 12.3. The lowest BCUT2D eigenvalue weighted by atomic mass is 9.75. The lowest BCUT2D eigenvalue weighted by molar-refractivity contribution is 0.0277. The highest BCUT2D eigenvalue weighted by molar-refractivity contribution is 5.09. The van der Waals surface area contributed by atoms with E-state index in [0.29, 0.717) is 6.10 Å². The van der Waals surface area contributed by atoms with Crippen molar-refractivity contribution < 1.29 is 13.9 Å². The maximum Gasteiger partial charge on any atom is 0.104 e. The van der Waals surface area contributed by atoms with E-state index in [1.165, 1.54) is 12.8 Å². The zero-order valence-electron chi connectivity index (χ0n) is 12.3. The van der Waals surface area contributed by atoms with E-state index in [0.717, 1.165) is 50.8 Å². The molecule has 2 unspecified atom stereocenters. The minimum Gasteiger partial charge on any atom is -0.469 e. The van der Waals surface area contributed by atoms with Gasteiger partial charge in [-0.2, -0.15) is 0 Å². The second-order valence-electron chi connectivity index (χ2n) is 6.17. The molecule has 1 saturated heterocycles. The summed E-state index contributed by atoms with van der Waals surface area (Å²) < 4.78 is 16.8. The minimum atomic E-state index is 0.187. The summed E-state index contributed by atoms with van der Waals surface area (Å²) in [7, 11) is 1.74. The summed E-state index contributed by atoms with van der Waals surface area (Å²) in [6.07, 6.45) is 6.90. The monoisotopic (exact) mass is 279 g/mol. The maximum absolute atomic E-state index is 6.09. The summed E-state index contributed by atoms with van der Waals surface area (Å²) in [6, 6.07) is 4.06. The van der Waals surface area contributed by atoms with Crippen LogP contribution in [0.3, 0.4) is 0 Å². The van der Waals surface area contributed by atoms with Crippen LogP contribution in [0.15, 0.2) is 22.8 Å². The molecule has 20 heavy (non-hydrogen) atoms. The van der Waals surface area contributed by atoms with Crippen LogP contribution in [0.2, 0.25) is 0 Å². The molecule has 2 aliphatic rings. The summed E-state index contributed by atoms with van der Waals surface area (Å²) in [5, 5.41) is 3.55. The fourth-order valence-electron chi connectivity index (χ4n) is 3.46. The third kappa shape index (κ3) is 3.08. The normalized spacial score (nSPS) is 29.9. The Bertz CT molecular complexity index is 402. The molecule has 4 heteroatoms. The Balaban J connectivity index is 1.68. The summed E-state index contributed by atoms with van der Waals surface area (Å²) in [6.45, 7) is 3.52. The second kappa shape index (κ2) is 6.29. The highest BCUT2D eigenvalue weighted by Crippen LogP contribution is 2.49. The fourth-order valence-corrected chi connectivity index (χ4v) is 3.46. The van der Waals surface area contributed by atoms with Gasteiger partial charge < -0.3 is 19.2 Å². The van der Waals surface area contributed by atoms with Crippen LogP contribution in [0.1, 0.15) is 25.0 Å². The molecule has 2 heterocycles. The van der Waals surface area contributed by atoms with Crippen LogP contribution in [0.5, 0.6) is 0 Å². The van der Waals surface area contributed by atoms with Crippen molar-refractivity contribution in [3.05, 3.63) is 24.2 Å². The second-order valence-corrected chi connectivity index (χ2v) is 6.17. The zero-order chi connectivity index (χ0) is 13.8. The number of hydrogen-bond acceptors (Lipinski definition) is 4. The van der Waals surface area contributed by atoms with Crippen molar-refractivity contribution in [3.8, 4) is 0 Å². The average molecular weight is 279 g/mol. The molecule has 1 saturated carbocycles. The van der Waals surface area contributed by atoms with E-state index >= 15 is 0 Å². The lowest BCUT2D eigenvalue weighted by Gasteiger charge is -2.34. The predicted octanol–water partition coefficient (Wildman–Crippen LogP) is 2.24. The first kappa shape index (κ1) is 14.1. The van der Waals surface area contributed by atoms with Crippen molar-refractivity contribution in [1.82, 2.24) is 5.32 Å². The molecule has 0 radical (unpaired) electrons. The van der Waals surface area contributed by atoms with Crippen molar-refractivity contribution in [2.75, 3.05) is 33.4 Å². The number of ether oxygens (including phenoxy) is 2. The van der Waals surface area contributed by atoms with Crippen LogP contribution in [-0.4, -0.2) is 39.5 Å². The van der Waals surface area contributed by atoms with Gasteiger partial charge in [0.15, 0.2) is 0 Å². The van der Waals surface area contributed by atoms with Crippen molar-refractivity contribution in [3.63, 3.8) is 0 Å². The molecule has 1 aromatic rings. The van der Waals surface area contributed by atoms with Crippen LogP contribution >= 0.6 is 0 Å². The largest absolute Gasteiger partial charge is 0.469 e. The number of rotatable bonds is 8. The smallest absolute Gasteiger partial charge is 0.104 e. The predicted molar refractivity (Wildman–Crippen MR) is 76.7 cm³/mol. The van der Waals surface area contributed by atoms with Gasteiger partial charge in [-0.15, -0.1) is 0 Å². The Morgan fingerprint density at radius 2 is 2.35 bits per heavy atom. The van der Waals surface area contributed by atoms with Gasteiger partial charge in [-0.25, -0.2) is 0 Å². The van der Waals surface area contributed by atoms with Crippen LogP contribution in [0, 0.1) is 11.3 Å². The Hall–Kier alpha value is -0.840. The standard InChI is InChI=1S/C16H25NO3/c1-18-10-7-17-12-16(11-14-3-2-8-19-14)6-9-20-15(16)13-4-5-13/h2-3,8,13,15,17H,4-7,9-12H2,1H3. The van der Waals surface area contributed by atoms with Crippen LogP contribution < -0.4 is 5.32 Å². The topological polar surface area (TPSA) is 43.6 Å². The van der Waals surface area contributed by atoms with E-state index in [4.69, 9.17) is 13.9 Å². The van der Waals surface area contributed by atoms with Crippen molar-refractivity contribution in [2.24, 2.45) is 11.3 Å². The molecule has 1 aromatic heterocycles. The molecule has 3 rings (SSSR count). The van der Waals surface area contributed by atoms with Gasteiger partial charge in [-0.05, 0) is 37.3 Å². The fraction of sp³-hybridized carbons (Fsp3) is 0.750. The van der Waals surface area contributed by atoms with Gasteiger partial charge in [-0.1, -0.05) is 0 Å². The first-order chi connectivity index (χ1) is 9.84. The third-order valence-electron chi connectivity index (χ3n) is 4.62. The average Bonchev–Trinajstić information content (AvgIpc) is 3.01. The summed E-state index contributed by atoms with van der Waals surface area (Å²) in [5.41, 5.74) is 0.187. The number of furan rings is 1. The Kier molecular flexibility index (Phi) is 4.44. The molecule has 2 atom stereocenters. The number of nitrogens with one attached hydrogen (secondary N) is 1. The van der Waals surface area contributed by atoms with Crippen molar-refractivity contribution in [1.29, 1.82) is 0 Å². The first-order valence-electron chi connectivity index (χ1n) is 7.68. The van der Waals surface area contributed by atoms with Gasteiger partial charge in [0.1, 0.15) is 5.76 Å². The summed E-state index contributed by atoms with van der Waals surface area (Å²) in [4.78, 5) is 0. The van der Waals surface area contributed by atoms with Crippen LogP contribution in [-0.2, 0) is 15.9 Å². The molecule has 2 fully saturated rings. The van der Waals surface area contributed by atoms with Gasteiger partial charge in [0, 0.05) is 38.6 Å². The van der Waals surface area contributed by atoms with Gasteiger partial charge in [-0.3, -0.25) is 0 Å². The number of hydrogen-bond donors (Lipinski definition) is 1. The highest BCUT2D eigenvalue weighted by atomic mass is 16.5. The van der Waals surface area contributed by atoms with E-state index in [1.807, 2.05) is 6.07 Å². The maximum atomic E-state index is 6.09. The lowest BCUT2D eigenvalue weighted by Crippen LogP contribution is -2.44. The quantitative estimate of drug-likeness (QED) is 0.741. The van der Waals surface area contributed by atoms with Gasteiger partial charge in [0.25, 0.3) is 0 Å². The van der Waals surface area contributed by atoms with Gasteiger partial charge in [0.2, 0.25) is 0 Å². The Labute approximate surface area is 120 Å². The molecular weight excluding hydrogens is 254 g/mol. The molecule has 4 nitrogen and oxygen atoms in total. The van der Waals surface area contributed by atoms with Crippen LogP contribution in [0.4, 0.5) is 0 Å². The third-order valence-corrected chi connectivity index (χ3v) is 4.62. The van der Waals surface area contributed by atoms with Crippen molar-refractivity contribution in [2.45, 2.75) is 31.8 Å². The molecule has 0 spiro atoms. The highest BCUT2D eigenvalue weighted by Gasteiger charge is 2.50. The molecule has 112 valence electrons. The molecule has 0 amide bonds. The van der Waals surface area contributed by atoms with E-state index < -0.39 is 0 Å². The van der Waals surface area contributed by atoms with E-state index in [2.05, 4.69) is 11.4 Å². The minimum absolute atomic E-state index is 0.187. The summed E-state index contributed by atoms with van der Waals surface area (Å²) >= 11 is 0. The van der Waals surface area contributed by atoms with Crippen molar-refractivity contribution >= 4 is 0 Å². The van der Waals surface area contributed by atoms with E-state index in [9.17, 15) is 0 Å². The van der Waals surface area contributed by atoms with Gasteiger partial charge in [0.05, 0.1) is 19.0 Å². The van der Waals surface area contributed by atoms with E-state index in [1.54, 1.807) is 13.4 Å². The number of methoxy groups -OCH3 is 1.